The second kappa shape index (κ2) is 11.2. The highest BCUT2D eigenvalue weighted by Gasteiger charge is 2.19. The van der Waals surface area contributed by atoms with E-state index in [9.17, 15) is 13.2 Å². The number of halogens is 2. The third kappa shape index (κ3) is 7.49. The lowest BCUT2D eigenvalue weighted by atomic mass is 10.3. The molecule has 0 bridgehead atoms. The van der Waals surface area contributed by atoms with Crippen molar-refractivity contribution in [2.24, 2.45) is 0 Å². The van der Waals surface area contributed by atoms with Crippen LogP contribution in [0.25, 0.3) is 0 Å². The molecule has 1 heterocycles. The van der Waals surface area contributed by atoms with Crippen molar-refractivity contribution in [3.05, 3.63) is 70.0 Å². The number of nitrogens with one attached hydrogen (secondary N) is 3. The Balaban J connectivity index is 1.58. The first kappa shape index (κ1) is 26.6. The van der Waals surface area contributed by atoms with E-state index >= 15 is 0 Å². The fourth-order valence-electron chi connectivity index (χ4n) is 2.86. The molecule has 0 aliphatic carbocycles. The molecule has 3 aromatic rings. The minimum atomic E-state index is -3.90. The molecule has 35 heavy (non-hydrogen) atoms. The topological polar surface area (TPSA) is 122 Å². The molecule has 0 radical (unpaired) electrons. The van der Waals surface area contributed by atoms with E-state index in [1.54, 1.807) is 32.0 Å². The Labute approximate surface area is 218 Å². The van der Waals surface area contributed by atoms with E-state index in [1.165, 1.54) is 37.3 Å². The van der Waals surface area contributed by atoms with Gasteiger partial charge in [0.15, 0.2) is 11.2 Å². The summed E-state index contributed by atoms with van der Waals surface area (Å²) < 4.78 is 33.2. The predicted molar refractivity (Wildman–Crippen MR) is 140 cm³/mol. The molecule has 0 spiro atoms. The number of carbonyl (C=O) groups excluding carboxylic acids is 1. The summed E-state index contributed by atoms with van der Waals surface area (Å²) in [6, 6.07) is 12.2. The first-order valence-electron chi connectivity index (χ1n) is 10.1. The van der Waals surface area contributed by atoms with Crippen LogP contribution in [0.5, 0.6) is 5.75 Å². The average molecular weight is 554 g/mol. The molecule has 3 rings (SSSR count). The van der Waals surface area contributed by atoms with E-state index < -0.39 is 22.0 Å². The number of carbonyl (C=O) groups is 1. The van der Waals surface area contributed by atoms with Crippen LogP contribution in [0.4, 0.5) is 11.6 Å². The monoisotopic (exact) mass is 553 g/mol. The molecule has 184 valence electrons. The summed E-state index contributed by atoms with van der Waals surface area (Å²) in [5, 5.41) is 6.04. The zero-order chi connectivity index (χ0) is 25.8. The van der Waals surface area contributed by atoms with Gasteiger partial charge in [0.2, 0.25) is 5.95 Å². The lowest BCUT2D eigenvalue weighted by Gasteiger charge is -2.16. The van der Waals surface area contributed by atoms with Crippen LogP contribution < -0.4 is 20.1 Å². The summed E-state index contributed by atoms with van der Waals surface area (Å²) in [5.41, 5.74) is 1.74. The fraction of sp³-hybridized carbons (Fsp3) is 0.182. The zero-order valence-electron chi connectivity index (χ0n) is 18.8. The van der Waals surface area contributed by atoms with E-state index in [1.807, 2.05) is 0 Å². The van der Waals surface area contributed by atoms with Crippen LogP contribution in [0.1, 0.15) is 18.3 Å². The van der Waals surface area contributed by atoms with Gasteiger partial charge >= 0.3 is 0 Å². The first-order chi connectivity index (χ1) is 16.4. The molecular formula is C22H21Cl2N5O4S2. The number of benzene rings is 2. The van der Waals surface area contributed by atoms with Gasteiger partial charge in [-0.3, -0.25) is 10.1 Å². The molecule has 1 atom stereocenters. The molecule has 0 aliphatic heterocycles. The summed E-state index contributed by atoms with van der Waals surface area (Å²) in [6.45, 7) is 5.03. The normalized spacial score (nSPS) is 11.9. The Morgan fingerprint density at radius 3 is 2.26 bits per heavy atom. The van der Waals surface area contributed by atoms with Crippen LogP contribution in [0.2, 0.25) is 10.0 Å². The maximum atomic E-state index is 12.6. The molecule has 2 aromatic carbocycles. The number of ether oxygens (including phenoxy) is 1. The van der Waals surface area contributed by atoms with Crippen molar-refractivity contribution >= 4 is 68.1 Å². The van der Waals surface area contributed by atoms with Crippen molar-refractivity contribution in [1.82, 2.24) is 15.3 Å². The molecule has 0 fully saturated rings. The molecular weight excluding hydrogens is 533 g/mol. The maximum absolute atomic E-state index is 12.6. The van der Waals surface area contributed by atoms with E-state index in [-0.39, 0.29) is 21.0 Å². The smallest absolute Gasteiger partial charge is 0.266 e. The van der Waals surface area contributed by atoms with Gasteiger partial charge in [-0.25, -0.2) is 23.1 Å². The summed E-state index contributed by atoms with van der Waals surface area (Å²) in [6.07, 6.45) is -0.903. The van der Waals surface area contributed by atoms with Gasteiger partial charge in [0.25, 0.3) is 15.9 Å². The Bertz CT molecular complexity index is 1350. The molecule has 1 aromatic heterocycles. The highest BCUT2D eigenvalue weighted by Crippen LogP contribution is 2.28. The van der Waals surface area contributed by atoms with Crippen LogP contribution in [0.3, 0.4) is 0 Å². The molecule has 0 saturated carbocycles. The number of nitrogens with zero attached hydrogens (tertiary/aromatic N) is 2. The third-order valence-electron chi connectivity index (χ3n) is 4.43. The number of aromatic nitrogens is 2. The zero-order valence-corrected chi connectivity index (χ0v) is 21.9. The highest BCUT2D eigenvalue weighted by molar-refractivity contribution is 7.92. The van der Waals surface area contributed by atoms with Crippen LogP contribution in [-0.2, 0) is 14.8 Å². The van der Waals surface area contributed by atoms with E-state index in [4.69, 9.17) is 40.2 Å². The van der Waals surface area contributed by atoms with E-state index in [0.717, 1.165) is 0 Å². The van der Waals surface area contributed by atoms with Gasteiger partial charge in [-0.15, -0.1) is 0 Å². The third-order valence-corrected chi connectivity index (χ3v) is 6.51. The molecule has 0 aliphatic rings. The van der Waals surface area contributed by atoms with Crippen molar-refractivity contribution in [3.8, 4) is 5.75 Å². The molecule has 9 nitrogen and oxygen atoms in total. The molecule has 1 amide bonds. The van der Waals surface area contributed by atoms with Gasteiger partial charge in [-0.05, 0) is 81.5 Å². The number of hydrogen-bond donors (Lipinski definition) is 3. The van der Waals surface area contributed by atoms with Crippen LogP contribution in [-0.4, -0.2) is 35.5 Å². The van der Waals surface area contributed by atoms with Gasteiger partial charge in [0.1, 0.15) is 5.75 Å². The number of rotatable bonds is 7. The lowest BCUT2D eigenvalue weighted by Crippen LogP contribution is -2.42. The second-order valence-electron chi connectivity index (χ2n) is 7.38. The van der Waals surface area contributed by atoms with Crippen LogP contribution in [0.15, 0.2) is 53.4 Å². The first-order valence-corrected chi connectivity index (χ1v) is 12.8. The number of aryl methyl sites for hydroxylation is 2. The average Bonchev–Trinajstić information content (AvgIpc) is 2.74. The Morgan fingerprint density at radius 1 is 1.03 bits per heavy atom. The van der Waals surface area contributed by atoms with Crippen molar-refractivity contribution in [3.63, 3.8) is 0 Å². The summed E-state index contributed by atoms with van der Waals surface area (Å²) in [4.78, 5) is 20.6. The summed E-state index contributed by atoms with van der Waals surface area (Å²) in [5.74, 6) is -0.218. The molecule has 0 saturated heterocycles. The van der Waals surface area contributed by atoms with Gasteiger partial charge in [-0.2, -0.15) is 0 Å². The Hall–Kier alpha value is -2.99. The Morgan fingerprint density at radius 2 is 1.66 bits per heavy atom. The molecule has 3 N–H and O–H groups in total. The fourth-order valence-corrected chi connectivity index (χ4v) is 4.47. The standard InChI is InChI=1S/C22H21Cl2N5O4S2/c1-12-10-13(2)26-21(25-12)29-35(31,32)17-7-5-16(6-8-17)27-22(34)28-20(30)14(3)33-19-9-4-15(23)11-18(19)24/h4-11,14H,1-3H3,(H,25,26,29)(H2,27,28,30,34). The largest absolute Gasteiger partial charge is 0.479 e. The van der Waals surface area contributed by atoms with Crippen molar-refractivity contribution in [2.45, 2.75) is 31.8 Å². The number of hydrogen-bond acceptors (Lipinski definition) is 7. The Kier molecular flexibility index (Phi) is 8.49. The summed E-state index contributed by atoms with van der Waals surface area (Å²) >= 11 is 17.1. The van der Waals surface area contributed by atoms with Crippen molar-refractivity contribution < 1.29 is 17.9 Å². The van der Waals surface area contributed by atoms with Crippen molar-refractivity contribution in [2.75, 3.05) is 10.0 Å². The molecule has 1 unspecified atom stereocenters. The minimum Gasteiger partial charge on any atom is -0.479 e. The number of anilines is 2. The number of sulfonamides is 1. The van der Waals surface area contributed by atoms with Crippen LogP contribution in [0, 0.1) is 13.8 Å². The number of amides is 1. The quantitative estimate of drug-likeness (QED) is 0.366. The van der Waals surface area contributed by atoms with E-state index in [0.29, 0.717) is 27.8 Å². The minimum absolute atomic E-state index is 0.00243. The van der Waals surface area contributed by atoms with Crippen molar-refractivity contribution in [1.29, 1.82) is 0 Å². The van der Waals surface area contributed by atoms with Gasteiger partial charge < -0.3 is 10.1 Å². The molecule has 13 heteroatoms. The lowest BCUT2D eigenvalue weighted by molar-refractivity contribution is -0.125. The summed E-state index contributed by atoms with van der Waals surface area (Å²) in [7, 11) is -3.90. The maximum Gasteiger partial charge on any atom is 0.266 e. The van der Waals surface area contributed by atoms with Gasteiger partial charge in [0.05, 0.1) is 9.92 Å². The predicted octanol–water partition coefficient (Wildman–Crippen LogP) is 4.48. The van der Waals surface area contributed by atoms with Gasteiger partial charge in [0, 0.05) is 22.1 Å². The van der Waals surface area contributed by atoms with Gasteiger partial charge in [-0.1, -0.05) is 23.2 Å². The number of thiocarbonyl (C=S) groups is 1. The SMILES string of the molecule is Cc1cc(C)nc(NS(=O)(=O)c2ccc(NC(=S)NC(=O)C(C)Oc3ccc(Cl)cc3Cl)cc2)n1. The van der Waals surface area contributed by atoms with E-state index in [2.05, 4.69) is 25.3 Å². The van der Waals surface area contributed by atoms with Crippen LogP contribution >= 0.6 is 35.4 Å². The highest BCUT2D eigenvalue weighted by atomic mass is 35.5. The second-order valence-corrected chi connectivity index (χ2v) is 10.3.